The molecule has 1 saturated heterocycles. The van der Waals surface area contributed by atoms with Crippen LogP contribution in [0.15, 0.2) is 6.07 Å². The number of rotatable bonds is 2. The molecule has 5 nitrogen and oxygen atoms in total. The van der Waals surface area contributed by atoms with Gasteiger partial charge in [-0.2, -0.15) is 0 Å². The summed E-state index contributed by atoms with van der Waals surface area (Å²) in [5.41, 5.74) is -0.0460. The number of likely N-dealkylation sites (tertiary alicyclic amines) is 1. The molecule has 1 fully saturated rings. The van der Waals surface area contributed by atoms with Gasteiger partial charge in [0.05, 0.1) is 6.04 Å². The third-order valence-corrected chi connectivity index (χ3v) is 2.94. The third-order valence-electron chi connectivity index (χ3n) is 2.75. The largest absolute Gasteiger partial charge is 0.477 e. The van der Waals surface area contributed by atoms with Gasteiger partial charge in [-0.05, 0) is 26.4 Å². The molecule has 0 aliphatic carbocycles. The van der Waals surface area contributed by atoms with E-state index < -0.39 is 5.97 Å². The summed E-state index contributed by atoms with van der Waals surface area (Å²) in [6.07, 6.45) is 2.01. The molecule has 1 aliphatic heterocycles. The number of carbonyl (C=O) groups is 1. The molecular weight excluding hydrogens is 230 g/mol. The van der Waals surface area contributed by atoms with Crippen molar-refractivity contribution in [2.24, 2.45) is 0 Å². The van der Waals surface area contributed by atoms with E-state index in [0.717, 1.165) is 19.4 Å². The summed E-state index contributed by atoms with van der Waals surface area (Å²) in [5.74, 6) is -0.573. The second-order valence-electron chi connectivity index (χ2n) is 3.88. The van der Waals surface area contributed by atoms with Crippen LogP contribution in [0.25, 0.3) is 0 Å². The van der Waals surface area contributed by atoms with Gasteiger partial charge in [0.25, 0.3) is 0 Å². The molecule has 6 heteroatoms. The van der Waals surface area contributed by atoms with Crippen LogP contribution in [-0.4, -0.2) is 39.5 Å². The second kappa shape index (κ2) is 4.35. The molecular formula is C10H12ClN3O2. The lowest BCUT2D eigenvalue weighted by atomic mass is 10.2. The van der Waals surface area contributed by atoms with E-state index in [1.807, 2.05) is 7.05 Å². The summed E-state index contributed by atoms with van der Waals surface area (Å²) in [5, 5.41) is 9.06. The van der Waals surface area contributed by atoms with Crippen molar-refractivity contribution in [2.75, 3.05) is 13.6 Å². The van der Waals surface area contributed by atoms with Crippen LogP contribution in [0.2, 0.25) is 5.15 Å². The minimum atomic E-state index is -1.08. The standard InChI is InChI=1S/C10H12ClN3O2/c1-14-4-2-3-7(14)9-12-6(10(15)16)5-8(11)13-9/h5,7H,2-4H2,1H3,(H,15,16). The van der Waals surface area contributed by atoms with Gasteiger partial charge in [-0.15, -0.1) is 0 Å². The molecule has 0 spiro atoms. The first-order valence-corrected chi connectivity index (χ1v) is 5.44. The summed E-state index contributed by atoms with van der Waals surface area (Å²) in [7, 11) is 1.97. The van der Waals surface area contributed by atoms with Crippen LogP contribution in [-0.2, 0) is 0 Å². The van der Waals surface area contributed by atoms with Crippen molar-refractivity contribution in [3.8, 4) is 0 Å². The molecule has 1 aliphatic rings. The van der Waals surface area contributed by atoms with E-state index in [-0.39, 0.29) is 16.9 Å². The fourth-order valence-electron chi connectivity index (χ4n) is 1.93. The first-order valence-electron chi connectivity index (χ1n) is 5.06. The van der Waals surface area contributed by atoms with Crippen LogP contribution in [0.3, 0.4) is 0 Å². The zero-order valence-electron chi connectivity index (χ0n) is 8.85. The summed E-state index contributed by atoms with van der Waals surface area (Å²) in [4.78, 5) is 21.1. The van der Waals surface area contributed by atoms with Crippen LogP contribution < -0.4 is 0 Å². The predicted octanol–water partition coefficient (Wildman–Crippen LogP) is 1.59. The van der Waals surface area contributed by atoms with Gasteiger partial charge in [0, 0.05) is 6.07 Å². The Morgan fingerprint density at radius 1 is 1.62 bits per heavy atom. The number of aromatic nitrogens is 2. The lowest BCUT2D eigenvalue weighted by Crippen LogP contribution is -2.20. The minimum absolute atomic E-state index is 0.0460. The molecule has 1 atom stereocenters. The van der Waals surface area contributed by atoms with E-state index >= 15 is 0 Å². The number of carboxylic acid groups (broad SMARTS) is 1. The first-order chi connectivity index (χ1) is 7.58. The van der Waals surface area contributed by atoms with Crippen molar-refractivity contribution in [1.82, 2.24) is 14.9 Å². The van der Waals surface area contributed by atoms with Crippen LogP contribution in [0.1, 0.15) is 35.2 Å². The molecule has 0 radical (unpaired) electrons. The average Bonchev–Trinajstić information content (AvgIpc) is 2.63. The van der Waals surface area contributed by atoms with Crippen LogP contribution >= 0.6 is 11.6 Å². The molecule has 2 rings (SSSR count). The maximum absolute atomic E-state index is 10.8. The molecule has 1 aromatic heterocycles. The van der Waals surface area contributed by atoms with Gasteiger partial charge in [0.1, 0.15) is 11.0 Å². The van der Waals surface area contributed by atoms with Crippen molar-refractivity contribution in [3.63, 3.8) is 0 Å². The van der Waals surface area contributed by atoms with Gasteiger partial charge in [-0.25, -0.2) is 14.8 Å². The van der Waals surface area contributed by atoms with Crippen LogP contribution in [0.4, 0.5) is 0 Å². The molecule has 1 aromatic rings. The van der Waals surface area contributed by atoms with Crippen molar-refractivity contribution in [2.45, 2.75) is 18.9 Å². The Labute approximate surface area is 98.1 Å². The monoisotopic (exact) mass is 241 g/mol. The lowest BCUT2D eigenvalue weighted by Gasteiger charge is -2.17. The van der Waals surface area contributed by atoms with Gasteiger partial charge in [0.2, 0.25) is 0 Å². The molecule has 86 valence electrons. The number of aromatic carboxylic acids is 1. The molecule has 2 heterocycles. The number of hydrogen-bond acceptors (Lipinski definition) is 4. The maximum Gasteiger partial charge on any atom is 0.354 e. The van der Waals surface area contributed by atoms with E-state index in [0.29, 0.717) is 5.82 Å². The number of halogens is 1. The summed E-state index contributed by atoms with van der Waals surface area (Å²) >= 11 is 5.79. The van der Waals surface area contributed by atoms with Crippen molar-refractivity contribution in [1.29, 1.82) is 0 Å². The average molecular weight is 242 g/mol. The molecule has 1 unspecified atom stereocenters. The van der Waals surface area contributed by atoms with Crippen molar-refractivity contribution < 1.29 is 9.90 Å². The normalized spacial score (nSPS) is 21.2. The summed E-state index contributed by atoms with van der Waals surface area (Å²) < 4.78 is 0. The summed E-state index contributed by atoms with van der Waals surface area (Å²) in [6.45, 7) is 0.975. The molecule has 0 bridgehead atoms. The zero-order chi connectivity index (χ0) is 11.7. The number of hydrogen-bond donors (Lipinski definition) is 1. The number of carboxylic acids is 1. The Balaban J connectivity index is 2.37. The fourth-order valence-corrected chi connectivity index (χ4v) is 2.12. The highest BCUT2D eigenvalue weighted by atomic mass is 35.5. The smallest absolute Gasteiger partial charge is 0.354 e. The molecule has 0 saturated carbocycles. The van der Waals surface area contributed by atoms with E-state index in [1.165, 1.54) is 6.07 Å². The van der Waals surface area contributed by atoms with E-state index in [9.17, 15) is 4.79 Å². The SMILES string of the molecule is CN1CCCC1c1nc(Cl)cc(C(=O)O)n1. The van der Waals surface area contributed by atoms with E-state index in [1.54, 1.807) is 0 Å². The maximum atomic E-state index is 10.8. The Hall–Kier alpha value is -1.20. The van der Waals surface area contributed by atoms with Gasteiger partial charge in [0.15, 0.2) is 5.69 Å². The first kappa shape index (κ1) is 11.3. The van der Waals surface area contributed by atoms with Gasteiger partial charge < -0.3 is 5.11 Å². The second-order valence-corrected chi connectivity index (χ2v) is 4.27. The molecule has 16 heavy (non-hydrogen) atoms. The molecule has 0 amide bonds. The lowest BCUT2D eigenvalue weighted by molar-refractivity contribution is 0.0689. The Morgan fingerprint density at radius 3 is 2.94 bits per heavy atom. The minimum Gasteiger partial charge on any atom is -0.477 e. The van der Waals surface area contributed by atoms with Crippen molar-refractivity contribution >= 4 is 17.6 Å². The van der Waals surface area contributed by atoms with Gasteiger partial charge in [-0.3, -0.25) is 4.90 Å². The Kier molecular flexibility index (Phi) is 3.07. The Morgan fingerprint density at radius 2 is 2.38 bits per heavy atom. The van der Waals surface area contributed by atoms with E-state index in [2.05, 4.69) is 14.9 Å². The zero-order valence-corrected chi connectivity index (χ0v) is 9.61. The highest BCUT2D eigenvalue weighted by Gasteiger charge is 2.26. The topological polar surface area (TPSA) is 66.3 Å². The highest BCUT2D eigenvalue weighted by Crippen LogP contribution is 2.28. The van der Waals surface area contributed by atoms with Gasteiger partial charge >= 0.3 is 5.97 Å². The van der Waals surface area contributed by atoms with Crippen molar-refractivity contribution in [3.05, 3.63) is 22.7 Å². The third kappa shape index (κ3) is 2.15. The van der Waals surface area contributed by atoms with Gasteiger partial charge in [-0.1, -0.05) is 11.6 Å². The van der Waals surface area contributed by atoms with Crippen LogP contribution in [0.5, 0.6) is 0 Å². The van der Waals surface area contributed by atoms with Crippen LogP contribution in [0, 0.1) is 0 Å². The Bertz CT molecular complexity index is 425. The molecule has 0 aromatic carbocycles. The highest BCUT2D eigenvalue weighted by molar-refractivity contribution is 6.29. The quantitative estimate of drug-likeness (QED) is 0.797. The fraction of sp³-hybridized carbons (Fsp3) is 0.500. The number of nitrogens with zero attached hydrogens (tertiary/aromatic N) is 3. The molecule has 1 N–H and O–H groups in total. The van der Waals surface area contributed by atoms with E-state index in [4.69, 9.17) is 16.7 Å². The predicted molar refractivity (Wildman–Crippen MR) is 58.6 cm³/mol. The summed E-state index contributed by atoms with van der Waals surface area (Å²) in [6, 6.07) is 1.35.